The van der Waals surface area contributed by atoms with Crippen molar-refractivity contribution >= 4 is 23.2 Å². The third kappa shape index (κ3) is 10.9. The molecule has 3 aromatic rings. The number of carbonyl (C=O) groups excluding carboxylic acids is 2. The fraction of sp³-hybridized carbons (Fsp3) is 0.485. The van der Waals surface area contributed by atoms with Crippen LogP contribution in [0.15, 0.2) is 53.9 Å². The number of hydrogen-bond donors (Lipinski definition) is 0. The predicted molar refractivity (Wildman–Crippen MR) is 161 cm³/mol. The van der Waals surface area contributed by atoms with Crippen molar-refractivity contribution in [3.05, 3.63) is 76.3 Å². The summed E-state index contributed by atoms with van der Waals surface area (Å²) in [6.45, 7) is 3.95. The quantitative estimate of drug-likeness (QED) is 0.0933. The minimum Gasteiger partial charge on any atom is -0.459 e. The summed E-state index contributed by atoms with van der Waals surface area (Å²) in [6, 6.07) is 12.2. The third-order valence-corrected chi connectivity index (χ3v) is 7.99. The van der Waals surface area contributed by atoms with Crippen LogP contribution in [0.25, 0.3) is 10.6 Å². The number of esters is 1. The van der Waals surface area contributed by atoms with E-state index in [4.69, 9.17) is 9.72 Å². The van der Waals surface area contributed by atoms with Crippen LogP contribution in [0.4, 0.5) is 13.2 Å². The smallest absolute Gasteiger partial charge is 0.416 e. The van der Waals surface area contributed by atoms with Crippen LogP contribution in [0.5, 0.6) is 0 Å². The fourth-order valence-electron chi connectivity index (χ4n) is 4.69. The molecule has 0 spiro atoms. The van der Waals surface area contributed by atoms with Crippen LogP contribution in [-0.2, 0) is 40.0 Å². The van der Waals surface area contributed by atoms with Gasteiger partial charge >= 0.3 is 18.1 Å². The lowest BCUT2D eigenvalue weighted by molar-refractivity contribution is -0.160. The van der Waals surface area contributed by atoms with E-state index in [2.05, 4.69) is 12.3 Å². The van der Waals surface area contributed by atoms with Crippen LogP contribution < -0.4 is 0 Å². The average molecular weight is 603 g/mol. The van der Waals surface area contributed by atoms with Gasteiger partial charge in [-0.25, -0.2) is 9.78 Å². The van der Waals surface area contributed by atoms with Crippen molar-refractivity contribution in [3.8, 4) is 10.6 Å². The van der Waals surface area contributed by atoms with Gasteiger partial charge in [0.1, 0.15) is 5.01 Å². The lowest BCUT2D eigenvalue weighted by Gasteiger charge is -2.22. The number of alkyl halides is 3. The van der Waals surface area contributed by atoms with Crippen molar-refractivity contribution in [2.24, 2.45) is 0 Å². The van der Waals surface area contributed by atoms with Gasteiger partial charge in [-0.2, -0.15) is 13.2 Å². The molecular weight excluding hydrogens is 561 g/mol. The van der Waals surface area contributed by atoms with E-state index in [1.165, 1.54) is 68.4 Å². The minimum absolute atomic E-state index is 0.0355. The molecule has 9 heteroatoms. The minimum atomic E-state index is -4.45. The molecule has 1 heterocycles. The Bertz CT molecular complexity index is 1240. The number of halogens is 3. The topological polar surface area (TPSA) is 59.5 Å². The largest absolute Gasteiger partial charge is 0.459 e. The summed E-state index contributed by atoms with van der Waals surface area (Å²) < 4.78 is 43.7. The molecule has 1 amide bonds. The summed E-state index contributed by atoms with van der Waals surface area (Å²) in [5.74, 6) is -1.84. The molecule has 0 unspecified atom stereocenters. The number of unbranched alkanes of at least 4 members (excludes halogenated alkanes) is 8. The van der Waals surface area contributed by atoms with Gasteiger partial charge in [-0.05, 0) is 43.0 Å². The molecule has 42 heavy (non-hydrogen) atoms. The second-order valence-electron chi connectivity index (χ2n) is 10.5. The van der Waals surface area contributed by atoms with Gasteiger partial charge in [0, 0.05) is 24.0 Å². The number of ether oxygens (including phenoxy) is 1. The number of hydrogen-bond acceptors (Lipinski definition) is 5. The number of nitrogens with zero attached hydrogens (tertiary/aromatic N) is 2. The summed E-state index contributed by atoms with van der Waals surface area (Å²) in [5, 5.41) is 3.04. The number of aryl methyl sites for hydroxylation is 1. The molecule has 0 aliphatic heterocycles. The maximum atomic E-state index is 13.0. The highest BCUT2D eigenvalue weighted by Gasteiger charge is 2.30. The lowest BCUT2D eigenvalue weighted by Crippen LogP contribution is -2.36. The van der Waals surface area contributed by atoms with Crippen molar-refractivity contribution in [2.45, 2.75) is 97.3 Å². The molecule has 0 aliphatic carbocycles. The number of carbonyl (C=O) groups is 2. The standard InChI is InChI=1S/C33H41F3N2O3S/c1-3-5-6-7-8-9-10-11-12-13-29-24-42-30(37-29)27-18-14-25(15-19-27)22-38(31(39)32(40)41-4-2)23-26-16-20-28(21-17-26)33(34,35)36/h14-21,24H,3-13,22-23H2,1-2H3. The Morgan fingerprint density at radius 1 is 0.810 bits per heavy atom. The van der Waals surface area contributed by atoms with Crippen molar-refractivity contribution in [2.75, 3.05) is 6.61 Å². The first-order chi connectivity index (χ1) is 20.2. The first kappa shape index (κ1) is 33.3. The van der Waals surface area contributed by atoms with E-state index in [1.807, 2.05) is 24.3 Å². The Labute approximate surface area is 251 Å². The molecule has 0 aliphatic rings. The first-order valence-electron chi connectivity index (χ1n) is 14.9. The first-order valence-corrected chi connectivity index (χ1v) is 15.7. The molecule has 0 N–H and O–H groups in total. The van der Waals surface area contributed by atoms with Crippen LogP contribution in [0, 0.1) is 0 Å². The van der Waals surface area contributed by atoms with Crippen LogP contribution in [0.1, 0.15) is 94.0 Å². The Balaban J connectivity index is 1.57. The normalized spacial score (nSPS) is 11.5. The Kier molecular flexibility index (Phi) is 13.5. The van der Waals surface area contributed by atoms with Gasteiger partial charge in [-0.3, -0.25) is 4.79 Å². The summed E-state index contributed by atoms with van der Waals surface area (Å²) >= 11 is 1.60. The summed E-state index contributed by atoms with van der Waals surface area (Å²) in [7, 11) is 0. The molecule has 228 valence electrons. The van der Waals surface area contributed by atoms with E-state index < -0.39 is 23.6 Å². The predicted octanol–water partition coefficient (Wildman–Crippen LogP) is 8.99. The molecule has 0 bridgehead atoms. The molecule has 0 atom stereocenters. The SMILES string of the molecule is CCCCCCCCCCCc1csc(-c2ccc(CN(Cc3ccc(C(F)(F)F)cc3)C(=O)C(=O)OCC)cc2)n1. The van der Waals surface area contributed by atoms with Crippen molar-refractivity contribution in [1.82, 2.24) is 9.88 Å². The number of rotatable bonds is 16. The van der Waals surface area contributed by atoms with Crippen LogP contribution in [0.3, 0.4) is 0 Å². The lowest BCUT2D eigenvalue weighted by atomic mass is 10.1. The van der Waals surface area contributed by atoms with Crippen LogP contribution in [0.2, 0.25) is 0 Å². The van der Waals surface area contributed by atoms with Crippen molar-refractivity contribution in [3.63, 3.8) is 0 Å². The Hall–Kier alpha value is -3.20. The molecule has 2 aromatic carbocycles. The van der Waals surface area contributed by atoms with Gasteiger partial charge in [-0.1, -0.05) is 94.7 Å². The van der Waals surface area contributed by atoms with Gasteiger partial charge in [0.2, 0.25) is 0 Å². The average Bonchev–Trinajstić information content (AvgIpc) is 3.45. The molecule has 0 fully saturated rings. The van der Waals surface area contributed by atoms with Gasteiger partial charge in [0.25, 0.3) is 0 Å². The number of aromatic nitrogens is 1. The molecule has 0 radical (unpaired) electrons. The molecule has 0 saturated heterocycles. The Morgan fingerprint density at radius 2 is 1.36 bits per heavy atom. The van der Waals surface area contributed by atoms with Gasteiger partial charge < -0.3 is 9.64 Å². The Morgan fingerprint density at radius 3 is 1.90 bits per heavy atom. The van der Waals surface area contributed by atoms with Crippen LogP contribution >= 0.6 is 11.3 Å². The number of thiazole rings is 1. The summed E-state index contributed by atoms with van der Waals surface area (Å²) in [5.41, 5.74) is 2.54. The number of amides is 1. The molecule has 0 saturated carbocycles. The summed E-state index contributed by atoms with van der Waals surface area (Å²) in [6.07, 6.45) is 8.13. The second-order valence-corrected chi connectivity index (χ2v) is 11.4. The van der Waals surface area contributed by atoms with Gasteiger partial charge in [0.05, 0.1) is 17.9 Å². The monoisotopic (exact) mass is 602 g/mol. The number of benzene rings is 2. The second kappa shape index (κ2) is 17.0. The maximum Gasteiger partial charge on any atom is 0.416 e. The zero-order valence-corrected chi connectivity index (χ0v) is 25.4. The molecular formula is C33H41F3N2O3S. The van der Waals surface area contributed by atoms with Gasteiger partial charge in [0.15, 0.2) is 0 Å². The zero-order valence-electron chi connectivity index (χ0n) is 24.5. The van der Waals surface area contributed by atoms with Crippen molar-refractivity contribution in [1.29, 1.82) is 0 Å². The van der Waals surface area contributed by atoms with Crippen LogP contribution in [-0.4, -0.2) is 28.4 Å². The highest BCUT2D eigenvalue weighted by atomic mass is 32.1. The third-order valence-electron chi connectivity index (χ3n) is 7.05. The van der Waals surface area contributed by atoms with E-state index in [-0.39, 0.29) is 19.7 Å². The van der Waals surface area contributed by atoms with Crippen molar-refractivity contribution < 1.29 is 27.5 Å². The van der Waals surface area contributed by atoms with E-state index in [0.717, 1.165) is 46.8 Å². The van der Waals surface area contributed by atoms with E-state index >= 15 is 0 Å². The fourth-order valence-corrected chi connectivity index (χ4v) is 5.55. The molecule has 3 rings (SSSR count). The highest BCUT2D eigenvalue weighted by Crippen LogP contribution is 2.29. The molecule has 5 nitrogen and oxygen atoms in total. The van der Waals surface area contributed by atoms with E-state index in [1.54, 1.807) is 18.3 Å². The molecule has 1 aromatic heterocycles. The van der Waals surface area contributed by atoms with E-state index in [0.29, 0.717) is 5.56 Å². The van der Waals surface area contributed by atoms with E-state index in [9.17, 15) is 22.8 Å². The van der Waals surface area contributed by atoms with Gasteiger partial charge in [-0.15, -0.1) is 11.3 Å². The maximum absolute atomic E-state index is 13.0. The summed E-state index contributed by atoms with van der Waals surface area (Å²) in [4.78, 5) is 31.1. The highest BCUT2D eigenvalue weighted by molar-refractivity contribution is 7.13. The zero-order chi connectivity index (χ0) is 30.4.